The molecule has 37 heavy (non-hydrogen) atoms. The molecule has 0 saturated carbocycles. The van der Waals surface area contributed by atoms with Gasteiger partial charge in [0.15, 0.2) is 0 Å². The molecule has 0 atom stereocenters. The van der Waals surface area contributed by atoms with Crippen LogP contribution in [0.25, 0.3) is 33.3 Å². The van der Waals surface area contributed by atoms with Crippen LogP contribution in [-0.2, 0) is 11.2 Å². The number of methoxy groups -OCH3 is 1. The summed E-state index contributed by atoms with van der Waals surface area (Å²) in [6.07, 6.45) is 0.468. The minimum atomic E-state index is -0.836. The maximum Gasteiger partial charge on any atom is 0.364 e. The fourth-order valence-corrected chi connectivity index (χ4v) is 4.24. The molecule has 186 valence electrons. The monoisotopic (exact) mass is 497 g/mol. The quantitative estimate of drug-likeness (QED) is 0.187. The Hall–Kier alpha value is -5.12. The number of aromatic amines is 2. The van der Waals surface area contributed by atoms with Gasteiger partial charge in [-0.25, -0.2) is 4.79 Å². The number of H-pyrrole nitrogens is 2. The summed E-state index contributed by atoms with van der Waals surface area (Å²) < 4.78 is 5.22. The van der Waals surface area contributed by atoms with E-state index in [4.69, 9.17) is 4.74 Å². The van der Waals surface area contributed by atoms with Gasteiger partial charge in [-0.15, -0.1) is 5.11 Å². The van der Waals surface area contributed by atoms with Gasteiger partial charge in [-0.2, -0.15) is 0 Å². The van der Waals surface area contributed by atoms with E-state index in [0.717, 1.165) is 11.1 Å². The number of benzene rings is 3. The minimum Gasteiger partial charge on any atom is -0.508 e. The summed E-state index contributed by atoms with van der Waals surface area (Å²) in [6, 6.07) is 18.2. The molecule has 0 spiro atoms. The topological polar surface area (TPSA) is 152 Å². The van der Waals surface area contributed by atoms with Crippen LogP contribution in [0.15, 0.2) is 77.0 Å². The molecule has 10 nitrogen and oxygen atoms in total. The molecule has 0 unspecified atom stereocenters. The Kier molecular flexibility index (Phi) is 6.29. The zero-order valence-corrected chi connectivity index (χ0v) is 19.8. The Morgan fingerprint density at radius 1 is 0.919 bits per heavy atom. The van der Waals surface area contributed by atoms with Crippen molar-refractivity contribution in [2.45, 2.75) is 12.8 Å². The largest absolute Gasteiger partial charge is 0.508 e. The predicted molar refractivity (Wildman–Crippen MR) is 138 cm³/mol. The van der Waals surface area contributed by atoms with E-state index in [9.17, 15) is 19.8 Å². The third-order valence-corrected chi connectivity index (χ3v) is 6.06. The number of ether oxygens (including phenoxy) is 1. The number of anilines is 1. The molecule has 0 saturated heterocycles. The number of fused-ring (bicyclic) bond motifs is 3. The van der Waals surface area contributed by atoms with Gasteiger partial charge >= 0.3 is 6.03 Å². The molecule has 1 heterocycles. The summed E-state index contributed by atoms with van der Waals surface area (Å²) in [7, 11) is 1.59. The average Bonchev–Trinajstić information content (AvgIpc) is 3.47. The van der Waals surface area contributed by atoms with Crippen LogP contribution >= 0.6 is 0 Å². The number of phenols is 1. The van der Waals surface area contributed by atoms with Crippen LogP contribution in [0, 0.1) is 0 Å². The summed E-state index contributed by atoms with van der Waals surface area (Å²) in [5, 5.41) is 37.4. The number of carbonyl (C=O) groups excluding carboxylic acids is 2. The van der Waals surface area contributed by atoms with Crippen LogP contribution < -0.4 is 10.1 Å². The first-order chi connectivity index (χ1) is 17.9. The number of azo groups is 1. The highest BCUT2D eigenvalue weighted by Gasteiger charge is 2.26. The van der Waals surface area contributed by atoms with Crippen LogP contribution in [0.5, 0.6) is 17.2 Å². The van der Waals surface area contributed by atoms with Crippen molar-refractivity contribution in [2.75, 3.05) is 12.4 Å². The van der Waals surface area contributed by atoms with Gasteiger partial charge in [0.2, 0.25) is 0 Å². The van der Waals surface area contributed by atoms with Crippen LogP contribution in [0.4, 0.5) is 10.5 Å². The van der Waals surface area contributed by atoms with Crippen molar-refractivity contribution < 1.29 is 24.5 Å². The van der Waals surface area contributed by atoms with Crippen molar-refractivity contribution in [1.82, 2.24) is 10.2 Å². The summed E-state index contributed by atoms with van der Waals surface area (Å²) in [4.78, 5) is 24.5. The highest BCUT2D eigenvalue weighted by atomic mass is 16.5. The predicted octanol–water partition coefficient (Wildman–Crippen LogP) is 5.83. The van der Waals surface area contributed by atoms with E-state index in [2.05, 4.69) is 25.7 Å². The summed E-state index contributed by atoms with van der Waals surface area (Å²) in [5.41, 5.74) is 3.96. The molecule has 0 radical (unpaired) electrons. The first-order valence-electron chi connectivity index (χ1n) is 11.5. The van der Waals surface area contributed by atoms with Crippen LogP contribution in [0.2, 0.25) is 0 Å². The number of hydrogen-bond donors (Lipinski definition) is 5. The van der Waals surface area contributed by atoms with Gasteiger partial charge in [0.05, 0.1) is 35.1 Å². The SMILES string of the molecule is COc1ccc(-c2[nH][nH]c3c4cccc(NC(=O)N=NC(=O)CCc5ccc(O)cc5)c4c(O)c2-3)cc1. The number of aromatic nitrogens is 2. The Bertz CT molecular complexity index is 1580. The Labute approximate surface area is 210 Å². The van der Waals surface area contributed by atoms with E-state index in [-0.39, 0.29) is 17.9 Å². The zero-order valence-electron chi connectivity index (χ0n) is 19.8. The lowest BCUT2D eigenvalue weighted by atomic mass is 10.1. The lowest BCUT2D eigenvalue weighted by Gasteiger charge is -2.05. The van der Waals surface area contributed by atoms with Crippen LogP contribution in [-0.4, -0.2) is 39.5 Å². The van der Waals surface area contributed by atoms with E-state index in [0.29, 0.717) is 45.6 Å². The van der Waals surface area contributed by atoms with Gasteiger partial charge in [-0.1, -0.05) is 29.4 Å². The maximum absolute atomic E-state index is 12.4. The molecule has 0 bridgehead atoms. The van der Waals surface area contributed by atoms with E-state index in [1.54, 1.807) is 31.4 Å². The van der Waals surface area contributed by atoms with E-state index >= 15 is 0 Å². The molecule has 0 fully saturated rings. The first-order valence-corrected chi connectivity index (χ1v) is 11.5. The van der Waals surface area contributed by atoms with Gasteiger partial charge in [-0.3, -0.25) is 15.0 Å². The highest BCUT2D eigenvalue weighted by molar-refractivity contribution is 6.16. The number of nitrogens with zero attached hydrogens (tertiary/aromatic N) is 2. The standard InChI is InChI=1S/C27H23N5O5/c1-37-18-12-8-16(9-13-18)24-23-25(31-30-24)19-3-2-4-20(22(19)26(23)35)28-27(36)32-29-21(34)14-7-15-5-10-17(33)11-6-15/h2-6,8-13,30-31,33,35H,7,14H2,1H3,(H,28,36). The number of phenolic OH excluding ortho intramolecular Hbond substituents is 1. The molecule has 5 rings (SSSR count). The normalized spacial score (nSPS) is 11.4. The fraction of sp³-hybridized carbons (Fsp3) is 0.111. The van der Waals surface area contributed by atoms with Crippen molar-refractivity contribution in [1.29, 1.82) is 0 Å². The molecular weight excluding hydrogens is 474 g/mol. The molecule has 5 N–H and O–H groups in total. The van der Waals surface area contributed by atoms with Crippen LogP contribution in [0.1, 0.15) is 12.0 Å². The second kappa shape index (κ2) is 9.86. The molecule has 3 aromatic rings. The van der Waals surface area contributed by atoms with Gasteiger partial charge in [-0.05, 0) is 54.4 Å². The molecule has 0 aromatic heterocycles. The summed E-state index contributed by atoms with van der Waals surface area (Å²) in [5.74, 6) is 0.298. The summed E-state index contributed by atoms with van der Waals surface area (Å²) in [6.45, 7) is 0. The Morgan fingerprint density at radius 2 is 1.65 bits per heavy atom. The Balaban J connectivity index is 1.34. The van der Waals surface area contributed by atoms with Gasteiger partial charge in [0.25, 0.3) is 5.91 Å². The first kappa shape index (κ1) is 23.6. The molecular formula is C27H23N5O5. The van der Waals surface area contributed by atoms with Crippen molar-refractivity contribution in [2.24, 2.45) is 10.2 Å². The molecule has 3 aromatic carbocycles. The maximum atomic E-state index is 12.4. The number of amides is 3. The van der Waals surface area contributed by atoms with Crippen molar-refractivity contribution in [3.05, 3.63) is 72.3 Å². The smallest absolute Gasteiger partial charge is 0.364 e. The third-order valence-electron chi connectivity index (χ3n) is 6.06. The van der Waals surface area contributed by atoms with E-state index < -0.39 is 11.9 Å². The second-order valence-electron chi connectivity index (χ2n) is 8.37. The number of urea groups is 1. The Morgan fingerprint density at radius 3 is 2.38 bits per heavy atom. The van der Waals surface area contributed by atoms with Gasteiger partial charge < -0.3 is 20.3 Å². The number of aromatic hydroxyl groups is 2. The number of nitrogens with one attached hydrogen (secondary N) is 3. The van der Waals surface area contributed by atoms with Crippen LogP contribution in [0.3, 0.4) is 0 Å². The number of rotatable bonds is 6. The molecule has 1 aliphatic heterocycles. The minimum absolute atomic E-state index is 0.00821. The van der Waals surface area contributed by atoms with Gasteiger partial charge in [0.1, 0.15) is 17.2 Å². The van der Waals surface area contributed by atoms with Crippen molar-refractivity contribution in [3.8, 4) is 39.8 Å². The molecule has 10 heteroatoms. The van der Waals surface area contributed by atoms with E-state index in [1.807, 2.05) is 30.3 Å². The number of carbonyl (C=O) groups is 2. The molecule has 2 aliphatic rings. The lowest BCUT2D eigenvalue weighted by Crippen LogP contribution is -2.07. The summed E-state index contributed by atoms with van der Waals surface area (Å²) >= 11 is 0. The lowest BCUT2D eigenvalue weighted by molar-refractivity contribution is -0.118. The van der Waals surface area contributed by atoms with Gasteiger partial charge in [0, 0.05) is 17.4 Å². The fourth-order valence-electron chi connectivity index (χ4n) is 4.24. The van der Waals surface area contributed by atoms with Crippen molar-refractivity contribution in [3.63, 3.8) is 0 Å². The zero-order chi connectivity index (χ0) is 25.9. The molecule has 1 aliphatic carbocycles. The van der Waals surface area contributed by atoms with Crippen molar-refractivity contribution >= 4 is 28.4 Å². The number of hydrogen-bond acceptors (Lipinski definition) is 5. The number of aryl methyl sites for hydroxylation is 1. The second-order valence-corrected chi connectivity index (χ2v) is 8.37. The van der Waals surface area contributed by atoms with E-state index in [1.165, 1.54) is 12.1 Å². The highest BCUT2D eigenvalue weighted by Crippen LogP contribution is 2.49. The average molecular weight is 498 g/mol. The third kappa shape index (κ3) is 4.72. The molecule has 3 amide bonds.